The molecule has 128 valence electrons. The van der Waals surface area contributed by atoms with E-state index in [9.17, 15) is 4.79 Å². The van der Waals surface area contributed by atoms with Crippen LogP contribution in [0.25, 0.3) is 0 Å². The van der Waals surface area contributed by atoms with Crippen LogP contribution in [0.5, 0.6) is 0 Å². The Bertz CT molecular complexity index is 687. The van der Waals surface area contributed by atoms with Crippen molar-refractivity contribution < 1.29 is 9.32 Å². The van der Waals surface area contributed by atoms with Gasteiger partial charge in [0.1, 0.15) is 5.76 Å². The molecule has 0 spiro atoms. The highest BCUT2D eigenvalue weighted by atomic mass is 16.5. The minimum Gasteiger partial charge on any atom is -0.360 e. The zero-order valence-electron chi connectivity index (χ0n) is 14.4. The number of carbonyl (C=O) groups is 1. The maximum atomic E-state index is 12.3. The summed E-state index contributed by atoms with van der Waals surface area (Å²) in [7, 11) is 0. The molecule has 24 heavy (non-hydrogen) atoms. The first-order valence-corrected chi connectivity index (χ1v) is 8.75. The van der Waals surface area contributed by atoms with Crippen molar-refractivity contribution in [3.63, 3.8) is 0 Å². The molecule has 2 aromatic rings. The van der Waals surface area contributed by atoms with Crippen molar-refractivity contribution in [2.24, 2.45) is 0 Å². The van der Waals surface area contributed by atoms with Crippen LogP contribution >= 0.6 is 0 Å². The molecule has 1 heterocycles. The van der Waals surface area contributed by atoms with Gasteiger partial charge in [-0.1, -0.05) is 43.3 Å². The van der Waals surface area contributed by atoms with Crippen LogP contribution in [-0.2, 0) is 13.1 Å². The van der Waals surface area contributed by atoms with Gasteiger partial charge in [-0.15, -0.1) is 0 Å². The maximum absolute atomic E-state index is 12.3. The van der Waals surface area contributed by atoms with Gasteiger partial charge in [0.05, 0.1) is 0 Å². The zero-order valence-corrected chi connectivity index (χ0v) is 14.4. The van der Waals surface area contributed by atoms with Gasteiger partial charge >= 0.3 is 0 Å². The van der Waals surface area contributed by atoms with Crippen molar-refractivity contribution in [2.75, 3.05) is 13.1 Å². The van der Waals surface area contributed by atoms with Crippen molar-refractivity contribution in [1.82, 2.24) is 15.4 Å². The minimum absolute atomic E-state index is 0.178. The fourth-order valence-corrected chi connectivity index (χ4v) is 2.79. The van der Waals surface area contributed by atoms with Crippen LogP contribution in [0.2, 0.25) is 0 Å². The van der Waals surface area contributed by atoms with Crippen LogP contribution in [0, 0.1) is 0 Å². The fourth-order valence-electron chi connectivity index (χ4n) is 2.79. The number of aromatic nitrogens is 1. The molecule has 1 aliphatic carbocycles. The summed E-state index contributed by atoms with van der Waals surface area (Å²) in [6.45, 7) is 7.75. The van der Waals surface area contributed by atoms with Gasteiger partial charge in [0.2, 0.25) is 0 Å². The topological polar surface area (TPSA) is 58.4 Å². The lowest BCUT2D eigenvalue weighted by Crippen LogP contribution is -2.26. The Morgan fingerprint density at radius 3 is 2.62 bits per heavy atom. The monoisotopic (exact) mass is 327 g/mol. The third kappa shape index (κ3) is 4.03. The Labute approximate surface area is 143 Å². The molecule has 5 heteroatoms. The molecular weight excluding hydrogens is 302 g/mol. The molecule has 0 unspecified atom stereocenters. The molecule has 1 amide bonds. The first-order valence-electron chi connectivity index (χ1n) is 8.75. The van der Waals surface area contributed by atoms with Crippen molar-refractivity contribution in [3.8, 4) is 0 Å². The molecule has 1 saturated carbocycles. The van der Waals surface area contributed by atoms with E-state index >= 15 is 0 Å². The van der Waals surface area contributed by atoms with Gasteiger partial charge in [-0.25, -0.2) is 0 Å². The quantitative estimate of drug-likeness (QED) is 0.808. The number of amides is 1. The summed E-state index contributed by atoms with van der Waals surface area (Å²) < 4.78 is 5.25. The predicted molar refractivity (Wildman–Crippen MR) is 92.7 cm³/mol. The standard InChI is InChI=1S/C19H25N3O2/c1-3-22(4-2)13-16-8-6-5-7-15(16)12-20-19(23)17-11-18(24-21-17)14-9-10-14/h5-8,11,14H,3-4,9-10,12-13H2,1-2H3,(H,20,23). The van der Waals surface area contributed by atoms with Crippen LogP contribution in [0.1, 0.15) is 60.0 Å². The Morgan fingerprint density at radius 2 is 1.96 bits per heavy atom. The first kappa shape index (κ1) is 16.7. The minimum atomic E-state index is -0.178. The zero-order chi connectivity index (χ0) is 16.9. The van der Waals surface area contributed by atoms with Gasteiger partial charge in [-0.05, 0) is 37.1 Å². The van der Waals surface area contributed by atoms with Gasteiger partial charge in [0.25, 0.3) is 5.91 Å². The number of benzene rings is 1. The molecule has 5 nitrogen and oxygen atoms in total. The predicted octanol–water partition coefficient (Wildman–Crippen LogP) is 3.32. The molecule has 1 aromatic carbocycles. The van der Waals surface area contributed by atoms with Crippen LogP contribution in [-0.4, -0.2) is 29.1 Å². The van der Waals surface area contributed by atoms with Crippen molar-refractivity contribution in [2.45, 2.75) is 45.7 Å². The van der Waals surface area contributed by atoms with Gasteiger partial charge in [0, 0.05) is 25.1 Å². The third-order valence-electron chi connectivity index (χ3n) is 4.59. The van der Waals surface area contributed by atoms with E-state index in [0.717, 1.165) is 43.8 Å². The van der Waals surface area contributed by atoms with Crippen molar-refractivity contribution >= 4 is 5.91 Å². The third-order valence-corrected chi connectivity index (χ3v) is 4.59. The number of nitrogens with one attached hydrogen (secondary N) is 1. The molecule has 0 atom stereocenters. The lowest BCUT2D eigenvalue weighted by atomic mass is 10.1. The molecule has 0 saturated heterocycles. The van der Waals surface area contributed by atoms with Crippen LogP contribution in [0.4, 0.5) is 0 Å². The maximum Gasteiger partial charge on any atom is 0.273 e. The van der Waals surface area contributed by atoms with Crippen molar-refractivity contribution in [3.05, 3.63) is 52.9 Å². The van der Waals surface area contributed by atoms with E-state index < -0.39 is 0 Å². The summed E-state index contributed by atoms with van der Waals surface area (Å²) in [5.74, 6) is 1.12. The van der Waals surface area contributed by atoms with Crippen LogP contribution in [0.15, 0.2) is 34.9 Å². The molecule has 0 bridgehead atoms. The second-order valence-electron chi connectivity index (χ2n) is 6.30. The number of hydrogen-bond acceptors (Lipinski definition) is 4. The average molecular weight is 327 g/mol. The Hall–Kier alpha value is -2.14. The molecule has 1 N–H and O–H groups in total. The highest BCUT2D eigenvalue weighted by Crippen LogP contribution is 2.40. The Balaban J connectivity index is 1.61. The summed E-state index contributed by atoms with van der Waals surface area (Å²) >= 11 is 0. The van der Waals surface area contributed by atoms with Crippen LogP contribution < -0.4 is 5.32 Å². The van der Waals surface area contributed by atoms with E-state index in [2.05, 4.69) is 41.4 Å². The number of nitrogens with zero attached hydrogens (tertiary/aromatic N) is 2. The SMILES string of the molecule is CCN(CC)Cc1ccccc1CNC(=O)c1cc(C2CC2)on1. The average Bonchev–Trinajstić information content (AvgIpc) is 3.35. The summed E-state index contributed by atoms with van der Waals surface area (Å²) in [5.41, 5.74) is 2.77. The summed E-state index contributed by atoms with van der Waals surface area (Å²) in [4.78, 5) is 14.6. The van der Waals surface area contributed by atoms with Gasteiger partial charge in [-0.3, -0.25) is 9.69 Å². The highest BCUT2D eigenvalue weighted by molar-refractivity contribution is 5.92. The largest absolute Gasteiger partial charge is 0.360 e. The first-order chi connectivity index (χ1) is 11.7. The molecular formula is C19H25N3O2. The van der Waals surface area contributed by atoms with Crippen molar-refractivity contribution in [1.29, 1.82) is 0 Å². The molecule has 1 aromatic heterocycles. The van der Waals surface area contributed by atoms with E-state index in [-0.39, 0.29) is 5.91 Å². The Morgan fingerprint density at radius 1 is 1.25 bits per heavy atom. The number of hydrogen-bond donors (Lipinski definition) is 1. The lowest BCUT2D eigenvalue weighted by Gasteiger charge is -2.20. The highest BCUT2D eigenvalue weighted by Gasteiger charge is 2.28. The molecule has 0 aliphatic heterocycles. The van der Waals surface area contributed by atoms with Gasteiger partial charge in [0.15, 0.2) is 5.69 Å². The molecule has 0 radical (unpaired) electrons. The van der Waals surface area contributed by atoms with Crippen LogP contribution in [0.3, 0.4) is 0 Å². The summed E-state index contributed by atoms with van der Waals surface area (Å²) in [6.07, 6.45) is 2.27. The smallest absolute Gasteiger partial charge is 0.273 e. The van der Waals surface area contributed by atoms with Gasteiger partial charge in [-0.2, -0.15) is 0 Å². The Kier molecular flexibility index (Phi) is 5.30. The lowest BCUT2D eigenvalue weighted by molar-refractivity contribution is 0.0941. The summed E-state index contributed by atoms with van der Waals surface area (Å²) in [5, 5.41) is 6.85. The molecule has 1 fully saturated rings. The molecule has 1 aliphatic rings. The molecule has 3 rings (SSSR count). The van der Waals surface area contributed by atoms with E-state index in [1.807, 2.05) is 12.1 Å². The van der Waals surface area contributed by atoms with E-state index in [1.54, 1.807) is 6.07 Å². The summed E-state index contributed by atoms with van der Waals surface area (Å²) in [6, 6.07) is 10.0. The van der Waals surface area contributed by atoms with E-state index in [4.69, 9.17) is 4.52 Å². The van der Waals surface area contributed by atoms with E-state index in [0.29, 0.717) is 18.2 Å². The number of carbonyl (C=O) groups excluding carboxylic acids is 1. The number of rotatable bonds is 8. The fraction of sp³-hybridized carbons (Fsp3) is 0.474. The van der Waals surface area contributed by atoms with E-state index in [1.165, 1.54) is 5.56 Å². The second kappa shape index (κ2) is 7.62. The normalized spacial score (nSPS) is 14.1. The second-order valence-corrected chi connectivity index (χ2v) is 6.30. The van der Waals surface area contributed by atoms with Gasteiger partial charge < -0.3 is 9.84 Å².